The van der Waals surface area contributed by atoms with Crippen molar-refractivity contribution in [3.63, 3.8) is 0 Å². The predicted octanol–water partition coefficient (Wildman–Crippen LogP) is 2.03. The van der Waals surface area contributed by atoms with Crippen LogP contribution in [-0.2, 0) is 23.7 Å². The Kier molecular flexibility index (Phi) is 8.96. The van der Waals surface area contributed by atoms with Gasteiger partial charge in [0.15, 0.2) is 0 Å². The average molecular weight is 258 g/mol. The molecule has 0 aromatic rings. The van der Waals surface area contributed by atoms with E-state index in [0.717, 1.165) is 0 Å². The maximum Gasteiger partial charge on any atom is 0.333 e. The lowest BCUT2D eigenvalue weighted by Crippen LogP contribution is -2.26. The second kappa shape index (κ2) is 9.67. The summed E-state index contributed by atoms with van der Waals surface area (Å²) in [4.78, 5) is 11.2. The van der Waals surface area contributed by atoms with E-state index < -0.39 is 12.3 Å². The first-order valence-electron chi connectivity index (χ1n) is 5.83. The lowest BCUT2D eigenvalue weighted by Gasteiger charge is -2.18. The molecule has 0 saturated carbocycles. The quantitative estimate of drug-likeness (QED) is 0.260. The molecular formula is C13H22O5. The molecule has 2 atom stereocenters. The molecule has 0 heterocycles. The Labute approximate surface area is 108 Å². The van der Waals surface area contributed by atoms with E-state index >= 15 is 0 Å². The fourth-order valence-electron chi connectivity index (χ4n) is 1.07. The van der Waals surface area contributed by atoms with Crippen LogP contribution in [0.1, 0.15) is 20.8 Å². The zero-order valence-corrected chi connectivity index (χ0v) is 11.3. The van der Waals surface area contributed by atoms with Gasteiger partial charge in [-0.2, -0.15) is 0 Å². The Morgan fingerprint density at radius 2 is 2.06 bits per heavy atom. The minimum Gasteiger partial charge on any atom is -0.471 e. The van der Waals surface area contributed by atoms with Gasteiger partial charge in [-0.25, -0.2) is 4.79 Å². The topological polar surface area (TPSA) is 54.0 Å². The molecule has 0 aromatic carbocycles. The Morgan fingerprint density at radius 3 is 2.56 bits per heavy atom. The van der Waals surface area contributed by atoms with Crippen LogP contribution in [0.5, 0.6) is 0 Å². The van der Waals surface area contributed by atoms with Gasteiger partial charge < -0.3 is 18.9 Å². The highest BCUT2D eigenvalue weighted by molar-refractivity contribution is 5.87. The van der Waals surface area contributed by atoms with Gasteiger partial charge in [-0.3, -0.25) is 0 Å². The highest BCUT2D eigenvalue weighted by atomic mass is 16.7. The summed E-state index contributed by atoms with van der Waals surface area (Å²) in [5.74, 6) is -0.421. The van der Waals surface area contributed by atoms with Gasteiger partial charge in [-0.1, -0.05) is 13.2 Å². The monoisotopic (exact) mass is 258 g/mol. The summed E-state index contributed by atoms with van der Waals surface area (Å²) in [5, 5.41) is 0. The minimum atomic E-state index is -0.489. The van der Waals surface area contributed by atoms with E-state index in [0.29, 0.717) is 12.2 Å². The van der Waals surface area contributed by atoms with Gasteiger partial charge in [0.2, 0.25) is 6.29 Å². The highest BCUT2D eigenvalue weighted by Gasteiger charge is 2.12. The van der Waals surface area contributed by atoms with Crippen LogP contribution < -0.4 is 0 Å². The zero-order valence-electron chi connectivity index (χ0n) is 11.3. The maximum atomic E-state index is 11.2. The number of hydrogen-bond donors (Lipinski definition) is 0. The van der Waals surface area contributed by atoms with Crippen molar-refractivity contribution >= 4 is 5.97 Å². The molecular weight excluding hydrogens is 236 g/mol. The van der Waals surface area contributed by atoms with Gasteiger partial charge in [0.25, 0.3) is 0 Å². The number of carbonyl (C=O) groups excluding carboxylic acids is 1. The van der Waals surface area contributed by atoms with E-state index in [1.807, 2.05) is 6.92 Å². The molecule has 0 amide bonds. The Bertz CT molecular complexity index is 275. The summed E-state index contributed by atoms with van der Waals surface area (Å²) in [5.41, 5.74) is 0.365. The molecule has 0 aliphatic heterocycles. The van der Waals surface area contributed by atoms with Crippen LogP contribution in [0.3, 0.4) is 0 Å². The van der Waals surface area contributed by atoms with E-state index in [-0.39, 0.29) is 19.3 Å². The molecule has 2 unspecified atom stereocenters. The molecule has 0 fully saturated rings. The molecule has 0 aliphatic carbocycles. The predicted molar refractivity (Wildman–Crippen MR) is 67.9 cm³/mol. The van der Waals surface area contributed by atoms with E-state index in [4.69, 9.17) is 18.9 Å². The Hall–Kier alpha value is -1.33. The molecule has 0 aromatic heterocycles. The lowest BCUT2D eigenvalue weighted by atomic mass is 10.3. The summed E-state index contributed by atoms with van der Waals surface area (Å²) in [6, 6.07) is 0. The average Bonchev–Trinajstić information content (AvgIpc) is 2.29. The SMILES string of the molecule is C=COC(COCC(C)OC(=O)C(=C)C)OCC. The van der Waals surface area contributed by atoms with E-state index in [1.54, 1.807) is 13.8 Å². The van der Waals surface area contributed by atoms with Gasteiger partial charge in [-0.15, -0.1) is 0 Å². The van der Waals surface area contributed by atoms with Gasteiger partial charge in [0, 0.05) is 12.2 Å². The van der Waals surface area contributed by atoms with Crippen molar-refractivity contribution < 1.29 is 23.7 Å². The third kappa shape index (κ3) is 7.86. The molecule has 0 bridgehead atoms. The first-order valence-corrected chi connectivity index (χ1v) is 5.83. The molecule has 0 spiro atoms. The van der Waals surface area contributed by atoms with E-state index in [9.17, 15) is 4.79 Å². The van der Waals surface area contributed by atoms with Crippen LogP contribution in [0.2, 0.25) is 0 Å². The van der Waals surface area contributed by atoms with Crippen molar-refractivity contribution in [1.29, 1.82) is 0 Å². The van der Waals surface area contributed by atoms with Crippen molar-refractivity contribution in [1.82, 2.24) is 0 Å². The van der Waals surface area contributed by atoms with Crippen LogP contribution >= 0.6 is 0 Å². The molecule has 0 radical (unpaired) electrons. The largest absolute Gasteiger partial charge is 0.471 e. The van der Waals surface area contributed by atoms with Gasteiger partial charge in [-0.05, 0) is 20.8 Å². The first kappa shape index (κ1) is 16.7. The second-order valence-corrected chi connectivity index (χ2v) is 3.72. The minimum absolute atomic E-state index is 0.245. The molecule has 0 saturated heterocycles. The summed E-state index contributed by atoms with van der Waals surface area (Å²) in [7, 11) is 0. The summed E-state index contributed by atoms with van der Waals surface area (Å²) in [6.07, 6.45) is 0.463. The van der Waals surface area contributed by atoms with Crippen molar-refractivity contribution in [2.45, 2.75) is 33.2 Å². The van der Waals surface area contributed by atoms with Crippen molar-refractivity contribution in [3.8, 4) is 0 Å². The standard InChI is InChI=1S/C13H22O5/c1-6-16-12(17-7-2)9-15-8-11(5)18-13(14)10(3)4/h6,11-12H,1,3,7-9H2,2,4-5H3. The fourth-order valence-corrected chi connectivity index (χ4v) is 1.07. The molecule has 0 N–H and O–H groups in total. The van der Waals surface area contributed by atoms with Gasteiger partial charge >= 0.3 is 5.97 Å². The third-order valence-electron chi connectivity index (χ3n) is 1.86. The number of hydrogen-bond acceptors (Lipinski definition) is 5. The van der Waals surface area contributed by atoms with Crippen molar-refractivity contribution in [2.24, 2.45) is 0 Å². The van der Waals surface area contributed by atoms with Crippen LogP contribution in [0.15, 0.2) is 25.0 Å². The zero-order chi connectivity index (χ0) is 14.0. The summed E-state index contributed by atoms with van der Waals surface area (Å²) < 4.78 is 20.7. The fraction of sp³-hybridized carbons (Fsp3) is 0.615. The van der Waals surface area contributed by atoms with Crippen molar-refractivity contribution in [2.75, 3.05) is 19.8 Å². The van der Waals surface area contributed by atoms with Gasteiger partial charge in [0.1, 0.15) is 12.7 Å². The molecule has 5 heteroatoms. The lowest BCUT2D eigenvalue weighted by molar-refractivity contribution is -0.156. The van der Waals surface area contributed by atoms with Crippen LogP contribution in [0.4, 0.5) is 0 Å². The van der Waals surface area contributed by atoms with E-state index in [1.165, 1.54) is 6.26 Å². The molecule has 0 aliphatic rings. The van der Waals surface area contributed by atoms with Crippen LogP contribution in [0, 0.1) is 0 Å². The van der Waals surface area contributed by atoms with Crippen LogP contribution in [-0.4, -0.2) is 38.2 Å². The molecule has 104 valence electrons. The first-order chi connectivity index (χ1) is 8.51. The molecule has 5 nitrogen and oxygen atoms in total. The smallest absolute Gasteiger partial charge is 0.333 e. The summed E-state index contributed by atoms with van der Waals surface area (Å²) >= 11 is 0. The normalized spacial score (nSPS) is 13.5. The Balaban J connectivity index is 3.83. The number of rotatable bonds is 10. The molecule has 0 rings (SSSR count). The summed E-state index contributed by atoms with van der Waals surface area (Å²) in [6.45, 7) is 13.2. The number of esters is 1. The third-order valence-corrected chi connectivity index (χ3v) is 1.86. The second-order valence-electron chi connectivity index (χ2n) is 3.72. The number of ether oxygens (including phenoxy) is 4. The van der Waals surface area contributed by atoms with Gasteiger partial charge in [0.05, 0.1) is 12.9 Å². The molecule has 18 heavy (non-hydrogen) atoms. The number of carbonyl (C=O) groups is 1. The van der Waals surface area contributed by atoms with Crippen molar-refractivity contribution in [3.05, 3.63) is 25.0 Å². The van der Waals surface area contributed by atoms with E-state index in [2.05, 4.69) is 13.2 Å². The Morgan fingerprint density at radius 1 is 1.39 bits per heavy atom. The van der Waals surface area contributed by atoms with Crippen LogP contribution in [0.25, 0.3) is 0 Å². The maximum absolute atomic E-state index is 11.2. The highest BCUT2D eigenvalue weighted by Crippen LogP contribution is 2.01.